The Morgan fingerprint density at radius 2 is 1.93 bits per heavy atom. The summed E-state index contributed by atoms with van der Waals surface area (Å²) in [6, 6.07) is 7.56. The van der Waals surface area contributed by atoms with E-state index >= 15 is 0 Å². The monoisotopic (exact) mass is 419 g/mol. The lowest BCUT2D eigenvalue weighted by Crippen LogP contribution is -2.51. The van der Waals surface area contributed by atoms with Gasteiger partial charge < -0.3 is 25.4 Å². The molecule has 0 saturated carbocycles. The van der Waals surface area contributed by atoms with Crippen LogP contribution in [0.4, 0.5) is 0 Å². The predicted molar refractivity (Wildman–Crippen MR) is 120 cm³/mol. The third-order valence-electron chi connectivity index (χ3n) is 5.07. The number of hydrogen-bond donors (Lipinski definition) is 3. The number of guanidine groups is 1. The molecular weight excluding hydrogens is 382 g/mol. The van der Waals surface area contributed by atoms with Gasteiger partial charge in [0, 0.05) is 51.4 Å². The Labute approximate surface area is 180 Å². The molecule has 3 N–H and O–H groups in total. The van der Waals surface area contributed by atoms with Crippen LogP contribution in [-0.4, -0.2) is 82.9 Å². The largest absolute Gasteiger partial charge is 0.497 e. The van der Waals surface area contributed by atoms with Gasteiger partial charge in [-0.2, -0.15) is 0 Å². The molecular formula is C22H37N5O3. The van der Waals surface area contributed by atoms with E-state index in [1.165, 1.54) is 0 Å². The van der Waals surface area contributed by atoms with Gasteiger partial charge in [-0.15, -0.1) is 0 Å². The molecule has 8 nitrogen and oxygen atoms in total. The van der Waals surface area contributed by atoms with E-state index in [4.69, 9.17) is 9.47 Å². The van der Waals surface area contributed by atoms with E-state index in [0.29, 0.717) is 36.4 Å². The zero-order valence-electron chi connectivity index (χ0n) is 18.7. The second-order valence-corrected chi connectivity index (χ2v) is 7.80. The summed E-state index contributed by atoms with van der Waals surface area (Å²) in [6.07, 6.45) is 1.13. The van der Waals surface area contributed by atoms with Crippen molar-refractivity contribution in [3.63, 3.8) is 0 Å². The van der Waals surface area contributed by atoms with Crippen LogP contribution >= 0.6 is 0 Å². The number of nitrogens with zero attached hydrogens (tertiary/aromatic N) is 2. The molecule has 2 rings (SSSR count). The molecule has 0 bridgehead atoms. The van der Waals surface area contributed by atoms with Crippen LogP contribution in [0.15, 0.2) is 29.3 Å². The van der Waals surface area contributed by atoms with Gasteiger partial charge in [-0.3, -0.25) is 14.7 Å². The molecule has 168 valence electrons. The van der Waals surface area contributed by atoms with Crippen LogP contribution in [0, 0.1) is 5.92 Å². The van der Waals surface area contributed by atoms with Gasteiger partial charge in [0.25, 0.3) is 5.91 Å². The van der Waals surface area contributed by atoms with E-state index in [9.17, 15) is 4.79 Å². The summed E-state index contributed by atoms with van der Waals surface area (Å²) in [5, 5.41) is 9.61. The maximum atomic E-state index is 12.3. The highest BCUT2D eigenvalue weighted by Gasteiger charge is 2.22. The number of hydrogen-bond acceptors (Lipinski definition) is 5. The fourth-order valence-electron chi connectivity index (χ4n) is 3.51. The molecule has 1 heterocycles. The maximum Gasteiger partial charge on any atom is 0.251 e. The Balaban J connectivity index is 1.74. The minimum atomic E-state index is -0.122. The molecule has 0 spiro atoms. The molecule has 0 aliphatic carbocycles. The molecule has 1 aliphatic heterocycles. The summed E-state index contributed by atoms with van der Waals surface area (Å²) in [5.74, 6) is 1.92. The maximum absolute atomic E-state index is 12.3. The summed E-state index contributed by atoms with van der Waals surface area (Å²) in [4.78, 5) is 19.1. The van der Waals surface area contributed by atoms with Crippen LogP contribution in [0.1, 0.15) is 30.6 Å². The van der Waals surface area contributed by atoms with Crippen LogP contribution in [0.25, 0.3) is 0 Å². The topological polar surface area (TPSA) is 87.2 Å². The number of morpholine rings is 1. The van der Waals surface area contributed by atoms with Crippen LogP contribution in [0.3, 0.4) is 0 Å². The second kappa shape index (κ2) is 13.1. The minimum absolute atomic E-state index is 0.122. The van der Waals surface area contributed by atoms with Crippen molar-refractivity contribution in [2.45, 2.75) is 26.3 Å². The number of nitrogens with one attached hydrogen (secondary N) is 3. The molecule has 8 heteroatoms. The molecule has 0 aromatic heterocycles. The number of carbonyl (C=O) groups is 1. The zero-order chi connectivity index (χ0) is 21.8. The lowest BCUT2D eigenvalue weighted by atomic mass is 10.0. The lowest BCUT2D eigenvalue weighted by Gasteiger charge is -2.35. The molecule has 1 atom stereocenters. The van der Waals surface area contributed by atoms with Gasteiger partial charge in [0.15, 0.2) is 5.96 Å². The number of benzene rings is 1. The van der Waals surface area contributed by atoms with Crippen molar-refractivity contribution in [1.82, 2.24) is 20.9 Å². The molecule has 1 aromatic rings. The third-order valence-corrected chi connectivity index (χ3v) is 5.07. The van der Waals surface area contributed by atoms with E-state index in [2.05, 4.69) is 39.7 Å². The number of rotatable bonds is 10. The third kappa shape index (κ3) is 8.20. The van der Waals surface area contributed by atoms with Gasteiger partial charge in [0.05, 0.1) is 20.3 Å². The average Bonchev–Trinajstić information content (AvgIpc) is 2.77. The number of ether oxygens (including phenoxy) is 2. The van der Waals surface area contributed by atoms with Gasteiger partial charge in [-0.1, -0.05) is 19.9 Å². The van der Waals surface area contributed by atoms with E-state index in [1.807, 2.05) is 6.07 Å². The number of carbonyl (C=O) groups excluding carboxylic acids is 1. The quantitative estimate of drug-likeness (QED) is 0.301. The predicted octanol–water partition coefficient (Wildman–Crippen LogP) is 1.34. The second-order valence-electron chi connectivity index (χ2n) is 7.80. The SMILES string of the molecule is CN=C(NCCNC(=O)c1cccc(OC)c1)NCC(CC(C)C)N1CCOCC1. The highest BCUT2D eigenvalue weighted by Crippen LogP contribution is 2.13. The van der Waals surface area contributed by atoms with Crippen LogP contribution in [0.5, 0.6) is 5.75 Å². The van der Waals surface area contributed by atoms with E-state index in [-0.39, 0.29) is 5.91 Å². The first kappa shape index (κ1) is 24.0. The normalized spacial score (nSPS) is 16.2. The highest BCUT2D eigenvalue weighted by atomic mass is 16.5. The number of amides is 1. The van der Waals surface area contributed by atoms with Gasteiger partial charge in [-0.05, 0) is 30.5 Å². The van der Waals surface area contributed by atoms with Gasteiger partial charge in [0.2, 0.25) is 0 Å². The number of methoxy groups -OCH3 is 1. The first-order valence-corrected chi connectivity index (χ1v) is 10.7. The van der Waals surface area contributed by atoms with Crippen molar-refractivity contribution in [2.75, 3.05) is 60.1 Å². The zero-order valence-corrected chi connectivity index (χ0v) is 18.7. The molecule has 30 heavy (non-hydrogen) atoms. The van der Waals surface area contributed by atoms with Crippen molar-refractivity contribution in [2.24, 2.45) is 10.9 Å². The summed E-state index contributed by atoms with van der Waals surface area (Å²) in [7, 11) is 3.35. The standard InChI is InChI=1S/C22H37N5O3/c1-17(2)14-19(27-10-12-30-13-11-27)16-26-22(23-3)25-9-8-24-21(28)18-6-5-7-20(15-18)29-4/h5-7,15,17,19H,8-14,16H2,1-4H3,(H,24,28)(H2,23,25,26). The summed E-state index contributed by atoms with van der Waals surface area (Å²) in [5.41, 5.74) is 0.582. The summed E-state index contributed by atoms with van der Waals surface area (Å²) in [6.45, 7) is 9.97. The van der Waals surface area contributed by atoms with Crippen molar-refractivity contribution in [3.05, 3.63) is 29.8 Å². The smallest absolute Gasteiger partial charge is 0.251 e. The van der Waals surface area contributed by atoms with Gasteiger partial charge >= 0.3 is 0 Å². The minimum Gasteiger partial charge on any atom is -0.497 e. The van der Waals surface area contributed by atoms with Crippen molar-refractivity contribution >= 4 is 11.9 Å². The molecule has 1 amide bonds. The molecule has 0 radical (unpaired) electrons. The van der Waals surface area contributed by atoms with E-state index < -0.39 is 0 Å². The van der Waals surface area contributed by atoms with Crippen molar-refractivity contribution in [1.29, 1.82) is 0 Å². The van der Waals surface area contributed by atoms with E-state index in [1.54, 1.807) is 32.4 Å². The van der Waals surface area contributed by atoms with Crippen LogP contribution < -0.4 is 20.7 Å². The Kier molecular flexibility index (Phi) is 10.4. The first-order valence-electron chi connectivity index (χ1n) is 10.7. The van der Waals surface area contributed by atoms with E-state index in [0.717, 1.165) is 45.2 Å². The Morgan fingerprint density at radius 3 is 2.60 bits per heavy atom. The summed E-state index contributed by atoms with van der Waals surface area (Å²) >= 11 is 0. The average molecular weight is 420 g/mol. The lowest BCUT2D eigenvalue weighted by molar-refractivity contribution is 0.0132. The fraction of sp³-hybridized carbons (Fsp3) is 0.636. The Hall–Kier alpha value is -2.32. The van der Waals surface area contributed by atoms with Crippen molar-refractivity contribution in [3.8, 4) is 5.75 Å². The first-order chi connectivity index (χ1) is 14.5. The Bertz CT molecular complexity index is 674. The Morgan fingerprint density at radius 1 is 1.20 bits per heavy atom. The van der Waals surface area contributed by atoms with Gasteiger partial charge in [-0.25, -0.2) is 0 Å². The highest BCUT2D eigenvalue weighted by molar-refractivity contribution is 5.94. The summed E-state index contributed by atoms with van der Waals surface area (Å²) < 4.78 is 10.7. The van der Waals surface area contributed by atoms with Crippen LogP contribution in [-0.2, 0) is 4.74 Å². The molecule has 1 unspecified atom stereocenters. The molecule has 1 fully saturated rings. The van der Waals surface area contributed by atoms with Gasteiger partial charge in [0.1, 0.15) is 5.75 Å². The molecule has 1 aromatic carbocycles. The van der Waals surface area contributed by atoms with Crippen LogP contribution in [0.2, 0.25) is 0 Å². The number of aliphatic imine (C=N–C) groups is 1. The molecule has 1 saturated heterocycles. The fourth-order valence-corrected chi connectivity index (χ4v) is 3.51. The molecule has 1 aliphatic rings. The van der Waals surface area contributed by atoms with Crippen molar-refractivity contribution < 1.29 is 14.3 Å².